The largest absolute Gasteiger partial charge is 0.437 e. The van der Waals surface area contributed by atoms with Gasteiger partial charge in [0.05, 0.1) is 5.69 Å². The van der Waals surface area contributed by atoms with E-state index in [0.29, 0.717) is 23.9 Å². The van der Waals surface area contributed by atoms with Crippen LogP contribution in [0.15, 0.2) is 36.9 Å². The van der Waals surface area contributed by atoms with E-state index < -0.39 is 0 Å². The Morgan fingerprint density at radius 1 is 1.20 bits per heavy atom. The maximum atomic E-state index is 5.53. The van der Waals surface area contributed by atoms with Crippen molar-refractivity contribution in [1.29, 1.82) is 0 Å². The number of pyridine rings is 1. The molecule has 5 heteroatoms. The van der Waals surface area contributed by atoms with Gasteiger partial charge in [0.2, 0.25) is 5.88 Å². The average molecular weight is 202 g/mol. The highest BCUT2D eigenvalue weighted by atomic mass is 16.5. The van der Waals surface area contributed by atoms with Gasteiger partial charge in [0.15, 0.2) is 5.75 Å². The number of hydrogen-bond acceptors (Lipinski definition) is 5. The predicted octanol–water partition coefficient (Wildman–Crippen LogP) is 1.12. The normalized spacial score (nSPS) is 9.93. The molecule has 0 bridgehead atoms. The molecule has 0 aliphatic heterocycles. The summed E-state index contributed by atoms with van der Waals surface area (Å²) in [6.07, 6.45) is 4.71. The van der Waals surface area contributed by atoms with Crippen LogP contribution in [0.5, 0.6) is 11.6 Å². The third kappa shape index (κ3) is 2.26. The van der Waals surface area contributed by atoms with E-state index >= 15 is 0 Å². The molecule has 0 fully saturated rings. The van der Waals surface area contributed by atoms with Gasteiger partial charge >= 0.3 is 0 Å². The molecule has 76 valence electrons. The number of aromatic nitrogens is 3. The summed E-state index contributed by atoms with van der Waals surface area (Å²) < 4.78 is 5.51. The molecule has 0 radical (unpaired) electrons. The Morgan fingerprint density at radius 3 is 2.87 bits per heavy atom. The topological polar surface area (TPSA) is 73.9 Å². The summed E-state index contributed by atoms with van der Waals surface area (Å²) in [6.45, 7) is 0.335. The van der Waals surface area contributed by atoms with Crippen molar-refractivity contribution in [1.82, 2.24) is 15.0 Å². The summed E-state index contributed by atoms with van der Waals surface area (Å²) in [5.74, 6) is 1.10. The lowest BCUT2D eigenvalue weighted by molar-refractivity contribution is 0.452. The zero-order valence-electron chi connectivity index (χ0n) is 8.00. The third-order valence-corrected chi connectivity index (χ3v) is 1.81. The van der Waals surface area contributed by atoms with Crippen LogP contribution in [-0.2, 0) is 6.54 Å². The first kappa shape index (κ1) is 9.54. The first-order chi connectivity index (χ1) is 7.40. The Balaban J connectivity index is 2.24. The summed E-state index contributed by atoms with van der Waals surface area (Å²) in [7, 11) is 0. The Labute approximate surface area is 87.0 Å². The Hall–Kier alpha value is -2.01. The standard InChI is InChI=1S/C10H10N4O/c11-6-8-9(2-1-4-13-8)15-10-3-5-12-7-14-10/h1-5,7H,6,11H2. The predicted molar refractivity (Wildman–Crippen MR) is 54.2 cm³/mol. The van der Waals surface area contributed by atoms with Crippen LogP contribution in [0, 0.1) is 0 Å². The summed E-state index contributed by atoms with van der Waals surface area (Å²) in [5.41, 5.74) is 6.23. The second kappa shape index (κ2) is 4.47. The van der Waals surface area contributed by atoms with Crippen LogP contribution >= 0.6 is 0 Å². The van der Waals surface area contributed by atoms with Gasteiger partial charge in [-0.3, -0.25) is 4.98 Å². The zero-order valence-corrected chi connectivity index (χ0v) is 8.00. The minimum Gasteiger partial charge on any atom is -0.437 e. The summed E-state index contributed by atoms with van der Waals surface area (Å²) in [6, 6.07) is 5.26. The van der Waals surface area contributed by atoms with Gasteiger partial charge in [0.1, 0.15) is 6.33 Å². The van der Waals surface area contributed by atoms with Crippen molar-refractivity contribution in [2.75, 3.05) is 0 Å². The maximum absolute atomic E-state index is 5.53. The maximum Gasteiger partial charge on any atom is 0.222 e. The van der Waals surface area contributed by atoms with Crippen molar-refractivity contribution in [2.24, 2.45) is 5.73 Å². The molecular weight excluding hydrogens is 192 g/mol. The molecule has 0 saturated carbocycles. The van der Waals surface area contributed by atoms with Gasteiger partial charge < -0.3 is 10.5 Å². The molecule has 0 unspecified atom stereocenters. The Bertz CT molecular complexity index is 432. The van der Waals surface area contributed by atoms with Crippen molar-refractivity contribution >= 4 is 0 Å². The van der Waals surface area contributed by atoms with Gasteiger partial charge in [0, 0.05) is 25.0 Å². The first-order valence-electron chi connectivity index (χ1n) is 4.48. The molecule has 2 N–H and O–H groups in total. The molecule has 2 rings (SSSR count). The molecule has 2 aromatic rings. The van der Waals surface area contributed by atoms with Crippen molar-refractivity contribution in [3.05, 3.63) is 42.6 Å². The van der Waals surface area contributed by atoms with Gasteiger partial charge in [-0.05, 0) is 12.1 Å². The number of hydrogen-bond donors (Lipinski definition) is 1. The van der Waals surface area contributed by atoms with Crippen molar-refractivity contribution in [2.45, 2.75) is 6.54 Å². The van der Waals surface area contributed by atoms with E-state index in [4.69, 9.17) is 10.5 Å². The van der Waals surface area contributed by atoms with Crippen molar-refractivity contribution in [3.63, 3.8) is 0 Å². The first-order valence-corrected chi connectivity index (χ1v) is 4.48. The third-order valence-electron chi connectivity index (χ3n) is 1.81. The van der Waals surface area contributed by atoms with Gasteiger partial charge in [-0.2, -0.15) is 0 Å². The van der Waals surface area contributed by atoms with Crippen LogP contribution in [0.1, 0.15) is 5.69 Å². The van der Waals surface area contributed by atoms with E-state index in [1.54, 1.807) is 30.6 Å². The van der Waals surface area contributed by atoms with Gasteiger partial charge in [0.25, 0.3) is 0 Å². The molecular formula is C10H10N4O. The highest BCUT2D eigenvalue weighted by molar-refractivity contribution is 5.30. The van der Waals surface area contributed by atoms with Gasteiger partial charge in [-0.25, -0.2) is 9.97 Å². The number of ether oxygens (including phenoxy) is 1. The lowest BCUT2D eigenvalue weighted by atomic mass is 10.3. The van der Waals surface area contributed by atoms with E-state index in [-0.39, 0.29) is 0 Å². The zero-order chi connectivity index (χ0) is 10.5. The smallest absolute Gasteiger partial charge is 0.222 e. The molecule has 0 atom stereocenters. The molecule has 0 aliphatic carbocycles. The lowest BCUT2D eigenvalue weighted by Crippen LogP contribution is -2.02. The molecule has 0 saturated heterocycles. The second-order valence-electron chi connectivity index (χ2n) is 2.80. The minimum absolute atomic E-state index is 0.335. The molecule has 15 heavy (non-hydrogen) atoms. The van der Waals surface area contributed by atoms with E-state index in [2.05, 4.69) is 15.0 Å². The van der Waals surface area contributed by atoms with E-state index in [9.17, 15) is 0 Å². The van der Waals surface area contributed by atoms with Crippen LogP contribution < -0.4 is 10.5 Å². The van der Waals surface area contributed by atoms with Crippen LogP contribution in [0.3, 0.4) is 0 Å². The minimum atomic E-state index is 0.335. The molecule has 0 aromatic carbocycles. The quantitative estimate of drug-likeness (QED) is 0.807. The number of nitrogens with two attached hydrogens (primary N) is 1. The number of nitrogens with zero attached hydrogens (tertiary/aromatic N) is 3. The van der Waals surface area contributed by atoms with Crippen LogP contribution in [0.2, 0.25) is 0 Å². The monoisotopic (exact) mass is 202 g/mol. The summed E-state index contributed by atoms with van der Waals surface area (Å²) in [5, 5.41) is 0. The molecule has 0 aliphatic rings. The number of rotatable bonds is 3. The summed E-state index contributed by atoms with van der Waals surface area (Å²) >= 11 is 0. The second-order valence-corrected chi connectivity index (χ2v) is 2.80. The summed E-state index contributed by atoms with van der Waals surface area (Å²) in [4.78, 5) is 11.8. The van der Waals surface area contributed by atoms with Crippen LogP contribution in [0.25, 0.3) is 0 Å². The molecule has 5 nitrogen and oxygen atoms in total. The Kier molecular flexibility index (Phi) is 2.85. The fraction of sp³-hybridized carbons (Fsp3) is 0.100. The van der Waals surface area contributed by atoms with Crippen molar-refractivity contribution in [3.8, 4) is 11.6 Å². The SMILES string of the molecule is NCc1ncccc1Oc1ccncn1. The average Bonchev–Trinajstić information content (AvgIpc) is 2.31. The highest BCUT2D eigenvalue weighted by Gasteiger charge is 2.03. The van der Waals surface area contributed by atoms with E-state index in [1.165, 1.54) is 6.33 Å². The van der Waals surface area contributed by atoms with Crippen molar-refractivity contribution < 1.29 is 4.74 Å². The van der Waals surface area contributed by atoms with E-state index in [1.807, 2.05) is 0 Å². The molecule has 0 spiro atoms. The molecule has 2 heterocycles. The van der Waals surface area contributed by atoms with E-state index in [0.717, 1.165) is 0 Å². The van der Waals surface area contributed by atoms with Gasteiger partial charge in [-0.1, -0.05) is 0 Å². The van der Waals surface area contributed by atoms with Gasteiger partial charge in [-0.15, -0.1) is 0 Å². The lowest BCUT2D eigenvalue weighted by Gasteiger charge is -2.06. The van der Waals surface area contributed by atoms with Crippen LogP contribution in [-0.4, -0.2) is 15.0 Å². The fourth-order valence-electron chi connectivity index (χ4n) is 1.12. The molecule has 0 amide bonds. The fourth-order valence-corrected chi connectivity index (χ4v) is 1.12. The highest BCUT2D eigenvalue weighted by Crippen LogP contribution is 2.20. The Morgan fingerprint density at radius 2 is 2.13 bits per heavy atom. The van der Waals surface area contributed by atoms with Crippen LogP contribution in [0.4, 0.5) is 0 Å². The molecule has 2 aromatic heterocycles.